The minimum Gasteiger partial charge on any atom is -0.334 e. The Hall–Kier alpha value is -3.80. The molecule has 1 amide bonds. The predicted molar refractivity (Wildman–Crippen MR) is 121 cm³/mol. The van der Waals surface area contributed by atoms with Crippen LogP contribution in [0, 0.1) is 6.92 Å². The minimum absolute atomic E-state index is 0.00169. The molecule has 0 fully saturated rings. The van der Waals surface area contributed by atoms with Gasteiger partial charge in [0, 0.05) is 34.8 Å². The number of hydrogen-bond donors (Lipinski definition) is 1. The lowest BCUT2D eigenvalue weighted by Gasteiger charge is -2.20. The van der Waals surface area contributed by atoms with Crippen LogP contribution >= 0.6 is 0 Å². The van der Waals surface area contributed by atoms with E-state index in [9.17, 15) is 4.79 Å². The number of benzene rings is 2. The molecule has 2 aromatic heterocycles. The van der Waals surface area contributed by atoms with Crippen molar-refractivity contribution in [2.45, 2.75) is 33.1 Å². The van der Waals surface area contributed by atoms with Gasteiger partial charge < -0.3 is 9.84 Å². The summed E-state index contributed by atoms with van der Waals surface area (Å²) in [4.78, 5) is 21.5. The molecule has 4 rings (SSSR count). The largest absolute Gasteiger partial charge is 0.334 e. The first-order valence-electron chi connectivity index (χ1n) is 10.1. The number of anilines is 1. The second-order valence-corrected chi connectivity index (χ2v) is 8.48. The van der Waals surface area contributed by atoms with E-state index in [1.54, 1.807) is 24.5 Å². The molecule has 0 unspecified atom stereocenters. The van der Waals surface area contributed by atoms with E-state index in [1.165, 1.54) is 0 Å². The van der Waals surface area contributed by atoms with E-state index in [0.717, 1.165) is 27.9 Å². The van der Waals surface area contributed by atoms with E-state index in [0.29, 0.717) is 17.3 Å². The molecule has 6 nitrogen and oxygen atoms in total. The van der Waals surface area contributed by atoms with Crippen molar-refractivity contribution in [1.29, 1.82) is 0 Å². The standard InChI is InChI=1S/C25H24N4O2/c1-16-10-11-17(23(30)27-20-9-5-8-19(14-20)25(2,3)4)13-21(16)24-28-22(29-31-24)18-7-6-12-26-15-18/h5-15H,1-4H3,(H,27,30). The second kappa shape index (κ2) is 8.14. The Labute approximate surface area is 181 Å². The van der Waals surface area contributed by atoms with Gasteiger partial charge in [0.05, 0.1) is 0 Å². The van der Waals surface area contributed by atoms with Gasteiger partial charge in [0.15, 0.2) is 0 Å². The molecule has 31 heavy (non-hydrogen) atoms. The Balaban J connectivity index is 1.60. The zero-order valence-corrected chi connectivity index (χ0v) is 18.0. The second-order valence-electron chi connectivity index (χ2n) is 8.48. The van der Waals surface area contributed by atoms with Crippen LogP contribution in [0.3, 0.4) is 0 Å². The van der Waals surface area contributed by atoms with Crippen molar-refractivity contribution in [3.8, 4) is 22.8 Å². The van der Waals surface area contributed by atoms with E-state index in [1.807, 2.05) is 43.3 Å². The smallest absolute Gasteiger partial charge is 0.258 e. The van der Waals surface area contributed by atoms with Gasteiger partial charge in [0.2, 0.25) is 5.82 Å². The first-order chi connectivity index (χ1) is 14.8. The van der Waals surface area contributed by atoms with E-state index in [-0.39, 0.29) is 11.3 Å². The number of pyridine rings is 1. The molecule has 2 aromatic carbocycles. The van der Waals surface area contributed by atoms with Gasteiger partial charge in [-0.15, -0.1) is 0 Å². The van der Waals surface area contributed by atoms with Crippen molar-refractivity contribution in [3.05, 3.63) is 83.7 Å². The molecule has 0 atom stereocenters. The molecule has 6 heteroatoms. The van der Waals surface area contributed by atoms with Crippen LogP contribution in [0.25, 0.3) is 22.8 Å². The minimum atomic E-state index is -0.195. The summed E-state index contributed by atoms with van der Waals surface area (Å²) in [6, 6.07) is 17.0. The molecule has 2 heterocycles. The summed E-state index contributed by atoms with van der Waals surface area (Å²) < 4.78 is 5.47. The number of nitrogens with zero attached hydrogens (tertiary/aromatic N) is 3. The number of rotatable bonds is 4. The van der Waals surface area contributed by atoms with E-state index in [2.05, 4.69) is 47.3 Å². The van der Waals surface area contributed by atoms with Gasteiger partial charge in [-0.2, -0.15) is 4.98 Å². The van der Waals surface area contributed by atoms with Crippen LogP contribution in [-0.2, 0) is 5.41 Å². The summed E-state index contributed by atoms with van der Waals surface area (Å²) in [5.74, 6) is 0.622. The Bertz CT molecular complexity index is 1220. The molecule has 0 saturated heterocycles. The predicted octanol–water partition coefficient (Wildman–Crippen LogP) is 5.66. The Morgan fingerprint density at radius 2 is 1.87 bits per heavy atom. The summed E-state index contributed by atoms with van der Waals surface area (Å²) >= 11 is 0. The van der Waals surface area contributed by atoms with Crippen LogP contribution < -0.4 is 5.32 Å². The van der Waals surface area contributed by atoms with Gasteiger partial charge in [0.25, 0.3) is 11.8 Å². The van der Waals surface area contributed by atoms with Gasteiger partial charge in [-0.3, -0.25) is 9.78 Å². The van der Waals surface area contributed by atoms with Gasteiger partial charge in [-0.05, 0) is 59.9 Å². The molecule has 0 aliphatic heterocycles. The first-order valence-corrected chi connectivity index (χ1v) is 10.1. The third kappa shape index (κ3) is 4.53. The topological polar surface area (TPSA) is 80.9 Å². The highest BCUT2D eigenvalue weighted by Gasteiger charge is 2.17. The van der Waals surface area contributed by atoms with E-state index < -0.39 is 0 Å². The molecule has 0 radical (unpaired) electrons. The molecular formula is C25H24N4O2. The summed E-state index contributed by atoms with van der Waals surface area (Å²) in [5, 5.41) is 7.04. The first kappa shape index (κ1) is 20.5. The lowest BCUT2D eigenvalue weighted by atomic mass is 9.87. The van der Waals surface area contributed by atoms with E-state index in [4.69, 9.17) is 4.52 Å². The van der Waals surface area contributed by atoms with Crippen molar-refractivity contribution in [2.75, 3.05) is 5.32 Å². The fourth-order valence-electron chi connectivity index (χ4n) is 3.21. The lowest BCUT2D eigenvalue weighted by Crippen LogP contribution is -2.14. The Kier molecular flexibility index (Phi) is 5.38. The zero-order chi connectivity index (χ0) is 22.0. The van der Waals surface area contributed by atoms with Crippen LogP contribution in [-0.4, -0.2) is 21.0 Å². The molecule has 0 aliphatic carbocycles. The van der Waals surface area contributed by atoms with Gasteiger partial charge in [0.1, 0.15) is 0 Å². The molecule has 0 aliphatic rings. The highest BCUT2D eigenvalue weighted by atomic mass is 16.5. The highest BCUT2D eigenvalue weighted by Crippen LogP contribution is 2.27. The maximum absolute atomic E-state index is 12.9. The molecule has 156 valence electrons. The van der Waals surface area contributed by atoms with Crippen molar-refractivity contribution in [1.82, 2.24) is 15.1 Å². The molecule has 1 N–H and O–H groups in total. The zero-order valence-electron chi connectivity index (χ0n) is 18.0. The van der Waals surface area contributed by atoms with Crippen molar-refractivity contribution < 1.29 is 9.32 Å². The number of carbonyl (C=O) groups excluding carboxylic acids is 1. The van der Waals surface area contributed by atoms with Crippen LogP contribution in [0.1, 0.15) is 42.3 Å². The summed E-state index contributed by atoms with van der Waals surface area (Å²) in [5.41, 5.74) is 4.86. The summed E-state index contributed by atoms with van der Waals surface area (Å²) in [6.45, 7) is 8.37. The molecule has 0 bridgehead atoms. The lowest BCUT2D eigenvalue weighted by molar-refractivity contribution is 0.102. The number of hydrogen-bond acceptors (Lipinski definition) is 5. The molecular weight excluding hydrogens is 388 g/mol. The number of aromatic nitrogens is 3. The van der Waals surface area contributed by atoms with Crippen LogP contribution in [0.15, 0.2) is 71.5 Å². The number of nitrogens with one attached hydrogen (secondary N) is 1. The van der Waals surface area contributed by atoms with Gasteiger partial charge in [-0.25, -0.2) is 0 Å². The Morgan fingerprint density at radius 3 is 2.61 bits per heavy atom. The molecule has 0 saturated carbocycles. The number of aryl methyl sites for hydroxylation is 1. The van der Waals surface area contributed by atoms with Gasteiger partial charge >= 0.3 is 0 Å². The SMILES string of the molecule is Cc1ccc(C(=O)Nc2cccc(C(C)(C)C)c2)cc1-c1nc(-c2cccnc2)no1. The van der Waals surface area contributed by atoms with Gasteiger partial charge in [-0.1, -0.05) is 44.1 Å². The summed E-state index contributed by atoms with van der Waals surface area (Å²) in [6.07, 6.45) is 3.37. The van der Waals surface area contributed by atoms with Crippen LogP contribution in [0.4, 0.5) is 5.69 Å². The fourth-order valence-corrected chi connectivity index (χ4v) is 3.21. The summed E-state index contributed by atoms with van der Waals surface area (Å²) in [7, 11) is 0. The fraction of sp³-hybridized carbons (Fsp3) is 0.200. The molecule has 4 aromatic rings. The maximum atomic E-state index is 12.9. The van der Waals surface area contributed by atoms with E-state index >= 15 is 0 Å². The number of carbonyl (C=O) groups is 1. The highest BCUT2D eigenvalue weighted by molar-refractivity contribution is 6.05. The van der Waals surface area contributed by atoms with Crippen LogP contribution in [0.2, 0.25) is 0 Å². The third-order valence-electron chi connectivity index (χ3n) is 5.06. The van der Waals surface area contributed by atoms with Crippen molar-refractivity contribution in [3.63, 3.8) is 0 Å². The average Bonchev–Trinajstić information content (AvgIpc) is 3.24. The monoisotopic (exact) mass is 412 g/mol. The quantitative estimate of drug-likeness (QED) is 0.468. The third-order valence-corrected chi connectivity index (χ3v) is 5.06. The van der Waals surface area contributed by atoms with Crippen molar-refractivity contribution >= 4 is 11.6 Å². The average molecular weight is 412 g/mol. The molecule has 0 spiro atoms. The number of amides is 1. The van der Waals surface area contributed by atoms with Crippen LogP contribution in [0.5, 0.6) is 0 Å². The van der Waals surface area contributed by atoms with Crippen molar-refractivity contribution in [2.24, 2.45) is 0 Å². The maximum Gasteiger partial charge on any atom is 0.258 e. The normalized spacial score (nSPS) is 11.4. The Morgan fingerprint density at radius 1 is 1.03 bits per heavy atom.